The summed E-state index contributed by atoms with van der Waals surface area (Å²) in [6, 6.07) is 19.3. The van der Waals surface area contributed by atoms with Crippen LogP contribution in [0, 0.1) is 0 Å². The third kappa shape index (κ3) is 6.00. The molecule has 4 N–H and O–H groups in total. The van der Waals surface area contributed by atoms with Crippen molar-refractivity contribution in [3.8, 4) is 5.75 Å². The number of thiazole rings is 1. The largest absolute Gasteiger partial charge is 0.482 e. The molecule has 7 rings (SSSR count). The molecule has 0 saturated carbocycles. The Kier molecular flexibility index (Phi) is 8.35. The number of urea groups is 1. The second-order valence-electron chi connectivity index (χ2n) is 12.4. The van der Waals surface area contributed by atoms with E-state index in [-0.39, 0.29) is 62.5 Å². The van der Waals surface area contributed by atoms with E-state index in [0.717, 1.165) is 26.9 Å². The molecule has 1 aromatic heterocycles. The number of aromatic nitrogens is 1. The number of nitrogen functional groups attached to an aromatic ring is 1. The Morgan fingerprint density at radius 1 is 1.10 bits per heavy atom. The van der Waals surface area contributed by atoms with E-state index in [2.05, 4.69) is 15.6 Å². The SMILES string of the molecule is CC(C)N(C(=O)NCc1ccccc1)N1CC(=O)N2[C@@H](Cc3ccc4c(c3)NC(=O)CO4)C(=O)N(Cc3cccc4sc(N)nc34)C[C@@H]21. The molecule has 248 valence electrons. The van der Waals surface area contributed by atoms with Crippen molar-refractivity contribution in [3.63, 3.8) is 0 Å². The van der Waals surface area contributed by atoms with Gasteiger partial charge in [-0.05, 0) is 48.7 Å². The van der Waals surface area contributed by atoms with Gasteiger partial charge in [0.2, 0.25) is 11.8 Å². The number of carbonyl (C=O) groups excluding carboxylic acids is 4. The maximum Gasteiger partial charge on any atom is 0.332 e. The van der Waals surface area contributed by atoms with Crippen LogP contribution in [0.4, 0.5) is 15.6 Å². The van der Waals surface area contributed by atoms with Gasteiger partial charge in [-0.1, -0.05) is 59.9 Å². The van der Waals surface area contributed by atoms with Gasteiger partial charge in [0.15, 0.2) is 11.7 Å². The first-order valence-corrected chi connectivity index (χ1v) is 16.6. The van der Waals surface area contributed by atoms with Crippen molar-refractivity contribution >= 4 is 56.1 Å². The Morgan fingerprint density at radius 3 is 2.71 bits per heavy atom. The van der Waals surface area contributed by atoms with Crippen molar-refractivity contribution in [1.82, 2.24) is 30.1 Å². The molecule has 5 amide bonds. The summed E-state index contributed by atoms with van der Waals surface area (Å²) in [5, 5.41) is 9.63. The molecule has 3 aliphatic heterocycles. The van der Waals surface area contributed by atoms with E-state index in [1.165, 1.54) is 11.3 Å². The van der Waals surface area contributed by atoms with Crippen LogP contribution in [0.15, 0.2) is 66.7 Å². The summed E-state index contributed by atoms with van der Waals surface area (Å²) in [7, 11) is 0. The number of rotatable bonds is 8. The quantitative estimate of drug-likeness (QED) is 0.259. The van der Waals surface area contributed by atoms with Gasteiger partial charge in [-0.3, -0.25) is 19.4 Å². The normalized spacial score (nSPS) is 19.3. The Balaban J connectivity index is 1.21. The first-order chi connectivity index (χ1) is 23.2. The van der Waals surface area contributed by atoms with E-state index >= 15 is 0 Å². The van der Waals surface area contributed by atoms with E-state index in [1.54, 1.807) is 32.0 Å². The van der Waals surface area contributed by atoms with E-state index in [1.807, 2.05) is 68.4 Å². The van der Waals surface area contributed by atoms with Gasteiger partial charge in [0.1, 0.15) is 18.0 Å². The minimum atomic E-state index is -0.861. The first-order valence-electron chi connectivity index (χ1n) is 15.8. The summed E-state index contributed by atoms with van der Waals surface area (Å²) < 4.78 is 6.45. The highest BCUT2D eigenvalue weighted by Gasteiger charge is 2.52. The lowest BCUT2D eigenvalue weighted by atomic mass is 9.99. The zero-order valence-electron chi connectivity index (χ0n) is 26.6. The van der Waals surface area contributed by atoms with Crippen molar-refractivity contribution in [1.29, 1.82) is 0 Å². The van der Waals surface area contributed by atoms with Crippen LogP contribution in [0.3, 0.4) is 0 Å². The molecule has 2 saturated heterocycles. The minimum Gasteiger partial charge on any atom is -0.482 e. The molecule has 4 heterocycles. The summed E-state index contributed by atoms with van der Waals surface area (Å²) in [5.74, 6) is -0.185. The topological polar surface area (TPSA) is 153 Å². The lowest BCUT2D eigenvalue weighted by Crippen LogP contribution is -2.66. The molecule has 4 aromatic rings. The second kappa shape index (κ2) is 12.8. The predicted octanol–water partition coefficient (Wildman–Crippen LogP) is 3.17. The van der Waals surface area contributed by atoms with Crippen LogP contribution in [-0.4, -0.2) is 86.5 Å². The third-order valence-electron chi connectivity index (χ3n) is 8.81. The number of nitrogens with two attached hydrogens (primary N) is 1. The van der Waals surface area contributed by atoms with E-state index in [9.17, 15) is 19.2 Å². The highest BCUT2D eigenvalue weighted by atomic mass is 32.1. The monoisotopic (exact) mass is 668 g/mol. The molecule has 13 nitrogen and oxygen atoms in total. The summed E-state index contributed by atoms with van der Waals surface area (Å²) in [4.78, 5) is 61.9. The number of amides is 5. The van der Waals surface area contributed by atoms with Crippen LogP contribution in [0.2, 0.25) is 0 Å². The van der Waals surface area contributed by atoms with Gasteiger partial charge in [-0.15, -0.1) is 0 Å². The van der Waals surface area contributed by atoms with Crippen LogP contribution in [-0.2, 0) is 33.9 Å². The molecule has 2 atom stereocenters. The Morgan fingerprint density at radius 2 is 1.92 bits per heavy atom. The number of fused-ring (bicyclic) bond motifs is 3. The average Bonchev–Trinajstić information content (AvgIpc) is 3.61. The molecule has 2 fully saturated rings. The first kappa shape index (κ1) is 31.4. The fourth-order valence-electron chi connectivity index (χ4n) is 6.70. The molecule has 0 unspecified atom stereocenters. The Labute approximate surface area is 281 Å². The molecule has 0 spiro atoms. The minimum absolute atomic E-state index is 0.0640. The van der Waals surface area contributed by atoms with Gasteiger partial charge >= 0.3 is 6.03 Å². The highest BCUT2D eigenvalue weighted by Crippen LogP contribution is 2.34. The van der Waals surface area contributed by atoms with Gasteiger partial charge in [-0.25, -0.2) is 9.78 Å². The Hall–Kier alpha value is -5.21. The van der Waals surface area contributed by atoms with Crippen molar-refractivity contribution in [3.05, 3.63) is 83.4 Å². The molecule has 3 aliphatic rings. The number of anilines is 2. The molecular weight excluding hydrogens is 632 g/mol. The zero-order valence-corrected chi connectivity index (χ0v) is 27.4. The van der Waals surface area contributed by atoms with Crippen LogP contribution in [0.5, 0.6) is 5.75 Å². The molecule has 14 heteroatoms. The Bertz CT molecular complexity index is 1900. The summed E-state index contributed by atoms with van der Waals surface area (Å²) >= 11 is 1.38. The number of piperazine rings is 1. The summed E-state index contributed by atoms with van der Waals surface area (Å²) in [6.45, 7) is 4.42. The number of ether oxygens (including phenoxy) is 1. The van der Waals surface area contributed by atoms with Crippen molar-refractivity contribution in [2.24, 2.45) is 0 Å². The molecule has 0 bridgehead atoms. The van der Waals surface area contributed by atoms with Gasteiger partial charge in [0, 0.05) is 25.6 Å². The fraction of sp³-hybridized carbons (Fsp3) is 0.324. The lowest BCUT2D eigenvalue weighted by molar-refractivity contribution is -0.158. The standard InChI is InChI=1S/C34H36N8O5S/c1-20(2)42(34(46)36-15-21-7-4-3-5-8-21)40-18-30(44)41-25(14-22-11-12-26-24(13-22)37-28(43)19-47-26)32(45)39(17-29(40)41)16-23-9-6-10-27-31(23)38-33(35)48-27/h3-13,20,25,29H,14-19H2,1-2H3,(H2,35,38)(H,36,46)(H,37,43)/t25-,29+/m0/s1. The van der Waals surface area contributed by atoms with Crippen LogP contribution >= 0.6 is 11.3 Å². The maximum absolute atomic E-state index is 14.4. The van der Waals surface area contributed by atoms with Crippen LogP contribution in [0.25, 0.3) is 10.2 Å². The van der Waals surface area contributed by atoms with Gasteiger partial charge in [-0.2, -0.15) is 5.01 Å². The summed E-state index contributed by atoms with van der Waals surface area (Å²) in [6.07, 6.45) is -0.407. The van der Waals surface area contributed by atoms with Crippen molar-refractivity contribution in [2.45, 2.75) is 51.6 Å². The molecule has 0 radical (unpaired) electrons. The number of nitrogens with zero attached hydrogens (tertiary/aromatic N) is 5. The number of benzene rings is 3. The molecule has 48 heavy (non-hydrogen) atoms. The van der Waals surface area contributed by atoms with E-state index in [0.29, 0.717) is 23.1 Å². The number of para-hydroxylation sites is 1. The van der Waals surface area contributed by atoms with E-state index < -0.39 is 12.2 Å². The van der Waals surface area contributed by atoms with Crippen molar-refractivity contribution < 1.29 is 23.9 Å². The smallest absolute Gasteiger partial charge is 0.332 e. The highest BCUT2D eigenvalue weighted by molar-refractivity contribution is 7.22. The third-order valence-corrected chi connectivity index (χ3v) is 9.66. The fourth-order valence-corrected chi connectivity index (χ4v) is 7.48. The maximum atomic E-state index is 14.4. The number of hydrogen-bond acceptors (Lipinski definition) is 9. The van der Waals surface area contributed by atoms with Crippen LogP contribution in [0.1, 0.15) is 30.5 Å². The molecule has 0 aliphatic carbocycles. The number of hydrazine groups is 1. The van der Waals surface area contributed by atoms with E-state index in [4.69, 9.17) is 10.5 Å². The zero-order chi connectivity index (χ0) is 33.5. The molecule has 3 aromatic carbocycles. The van der Waals surface area contributed by atoms with Gasteiger partial charge in [0.25, 0.3) is 5.91 Å². The number of hydrogen-bond donors (Lipinski definition) is 3. The summed E-state index contributed by atoms with van der Waals surface area (Å²) in [5.41, 5.74) is 9.83. The average molecular weight is 669 g/mol. The predicted molar refractivity (Wildman–Crippen MR) is 181 cm³/mol. The number of carbonyl (C=O) groups is 4. The van der Waals surface area contributed by atoms with Crippen molar-refractivity contribution in [2.75, 3.05) is 30.7 Å². The van der Waals surface area contributed by atoms with Gasteiger partial charge < -0.3 is 30.9 Å². The van der Waals surface area contributed by atoms with Gasteiger partial charge in [0.05, 0.1) is 29.0 Å². The number of nitrogens with one attached hydrogen (secondary N) is 2. The molecular formula is C34H36N8O5S. The van der Waals surface area contributed by atoms with Crippen LogP contribution < -0.4 is 21.1 Å². The second-order valence-corrected chi connectivity index (χ2v) is 13.4. The lowest BCUT2D eigenvalue weighted by Gasteiger charge is -2.47.